The van der Waals surface area contributed by atoms with Crippen molar-refractivity contribution >= 4 is 63.0 Å². The van der Waals surface area contributed by atoms with E-state index >= 15 is 0 Å². The molecule has 10 heteroatoms. The van der Waals surface area contributed by atoms with Crippen LogP contribution in [0.2, 0.25) is 10.0 Å². The van der Waals surface area contributed by atoms with Gasteiger partial charge in [0.2, 0.25) is 0 Å². The second-order valence-corrected chi connectivity index (χ2v) is 9.37. The Morgan fingerprint density at radius 2 is 1.70 bits per heavy atom. The fraction of sp³-hybridized carbons (Fsp3) is 0.0435. The summed E-state index contributed by atoms with van der Waals surface area (Å²) in [5.41, 5.74) is 4.84. The van der Waals surface area contributed by atoms with Crippen LogP contribution in [0.3, 0.4) is 0 Å². The summed E-state index contributed by atoms with van der Waals surface area (Å²) < 4.78 is 2.90. The molecular formula is C23H16BrCl2N5OS. The van der Waals surface area contributed by atoms with Gasteiger partial charge in [-0.15, -0.1) is 10.2 Å². The lowest BCUT2D eigenvalue weighted by atomic mass is 10.2. The van der Waals surface area contributed by atoms with E-state index in [9.17, 15) is 4.79 Å². The molecule has 6 nitrogen and oxygen atoms in total. The van der Waals surface area contributed by atoms with E-state index in [1.165, 1.54) is 18.0 Å². The largest absolute Gasteiger partial charge is 0.272 e. The number of carbonyl (C=O) groups excluding carboxylic acids is 1. The van der Waals surface area contributed by atoms with E-state index in [1.807, 2.05) is 59.2 Å². The number of hydrazone groups is 1. The number of rotatable bonds is 7. The predicted molar refractivity (Wildman–Crippen MR) is 137 cm³/mol. The van der Waals surface area contributed by atoms with Gasteiger partial charge in [0, 0.05) is 21.3 Å². The topological polar surface area (TPSA) is 72.2 Å². The number of nitrogens with one attached hydrogen (secondary N) is 1. The normalized spacial score (nSPS) is 11.1. The standard InChI is InChI=1S/C23H16BrCl2N5OS/c24-16-11-9-15(10-12-16)22-29-30-23(31(22)17-5-2-1-3-6-17)33-14-21(32)28-27-13-18-19(25)7-4-8-20(18)26/h1-13H,14H2,(H,28,32)/b27-13+. The van der Waals surface area contributed by atoms with Crippen molar-refractivity contribution in [2.45, 2.75) is 5.16 Å². The molecule has 4 aromatic rings. The first-order valence-corrected chi connectivity index (χ1v) is 12.2. The first-order valence-electron chi connectivity index (χ1n) is 9.68. The molecule has 166 valence electrons. The van der Waals surface area contributed by atoms with Crippen molar-refractivity contribution < 1.29 is 4.79 Å². The summed E-state index contributed by atoms with van der Waals surface area (Å²) >= 11 is 16.9. The van der Waals surface area contributed by atoms with Gasteiger partial charge in [-0.1, -0.05) is 87.3 Å². The molecule has 0 aliphatic carbocycles. The van der Waals surface area contributed by atoms with Crippen LogP contribution in [0, 0.1) is 0 Å². The number of para-hydroxylation sites is 1. The van der Waals surface area contributed by atoms with E-state index in [2.05, 4.69) is 36.7 Å². The van der Waals surface area contributed by atoms with E-state index in [-0.39, 0.29) is 11.7 Å². The molecule has 0 atom stereocenters. The zero-order valence-corrected chi connectivity index (χ0v) is 20.9. The van der Waals surface area contributed by atoms with Crippen LogP contribution in [-0.4, -0.2) is 32.6 Å². The maximum atomic E-state index is 12.4. The van der Waals surface area contributed by atoms with Crippen molar-refractivity contribution in [2.24, 2.45) is 5.10 Å². The number of thioether (sulfide) groups is 1. The highest BCUT2D eigenvalue weighted by atomic mass is 79.9. The van der Waals surface area contributed by atoms with E-state index in [0.717, 1.165) is 15.7 Å². The number of hydrogen-bond donors (Lipinski definition) is 1. The molecule has 33 heavy (non-hydrogen) atoms. The highest BCUT2D eigenvalue weighted by molar-refractivity contribution is 9.10. The lowest BCUT2D eigenvalue weighted by molar-refractivity contribution is -0.118. The minimum Gasteiger partial charge on any atom is -0.272 e. The molecule has 0 aliphatic rings. The lowest BCUT2D eigenvalue weighted by Gasteiger charge is -2.10. The molecule has 1 amide bonds. The fourth-order valence-electron chi connectivity index (χ4n) is 2.92. The molecule has 4 rings (SSSR count). The summed E-state index contributed by atoms with van der Waals surface area (Å²) in [6.07, 6.45) is 1.42. The number of hydrogen-bond acceptors (Lipinski definition) is 5. The first-order chi connectivity index (χ1) is 16.0. The van der Waals surface area contributed by atoms with E-state index in [4.69, 9.17) is 23.2 Å². The van der Waals surface area contributed by atoms with Crippen molar-refractivity contribution in [2.75, 3.05) is 5.75 Å². The van der Waals surface area contributed by atoms with Gasteiger partial charge in [-0.3, -0.25) is 9.36 Å². The van der Waals surface area contributed by atoms with Gasteiger partial charge in [-0.25, -0.2) is 5.43 Å². The van der Waals surface area contributed by atoms with Gasteiger partial charge >= 0.3 is 0 Å². The van der Waals surface area contributed by atoms with Crippen LogP contribution in [0.25, 0.3) is 17.1 Å². The maximum absolute atomic E-state index is 12.4. The van der Waals surface area contributed by atoms with Gasteiger partial charge < -0.3 is 0 Å². The fourth-order valence-corrected chi connectivity index (χ4v) is 4.43. The molecule has 0 spiro atoms. The summed E-state index contributed by atoms with van der Waals surface area (Å²) in [7, 11) is 0. The van der Waals surface area contributed by atoms with Crippen molar-refractivity contribution in [3.63, 3.8) is 0 Å². The summed E-state index contributed by atoms with van der Waals surface area (Å²) in [5, 5.41) is 14.2. The van der Waals surface area contributed by atoms with Crippen LogP contribution in [0.4, 0.5) is 0 Å². The first kappa shape index (κ1) is 23.5. The van der Waals surface area contributed by atoms with Crippen LogP contribution in [0.15, 0.2) is 87.5 Å². The van der Waals surface area contributed by atoms with Crippen molar-refractivity contribution in [3.05, 3.63) is 92.9 Å². The summed E-state index contributed by atoms with van der Waals surface area (Å²) in [4.78, 5) is 12.4. The second kappa shape index (κ2) is 11.0. The van der Waals surface area contributed by atoms with E-state index in [0.29, 0.717) is 26.6 Å². The Labute approximate surface area is 213 Å². The summed E-state index contributed by atoms with van der Waals surface area (Å²) in [5.74, 6) is 0.481. The number of aromatic nitrogens is 3. The van der Waals surface area contributed by atoms with Crippen LogP contribution in [0.5, 0.6) is 0 Å². The maximum Gasteiger partial charge on any atom is 0.250 e. The van der Waals surface area contributed by atoms with Gasteiger partial charge in [0.15, 0.2) is 11.0 Å². The molecule has 3 aromatic carbocycles. The Morgan fingerprint density at radius 1 is 1.00 bits per heavy atom. The molecular weight excluding hydrogens is 545 g/mol. The zero-order chi connectivity index (χ0) is 23.2. The molecule has 0 fully saturated rings. The molecule has 0 saturated heterocycles. The minimum absolute atomic E-state index is 0.0961. The van der Waals surface area contributed by atoms with Gasteiger partial charge in [0.25, 0.3) is 5.91 Å². The van der Waals surface area contributed by atoms with Crippen molar-refractivity contribution in [1.29, 1.82) is 0 Å². The van der Waals surface area contributed by atoms with Crippen LogP contribution < -0.4 is 5.43 Å². The molecule has 0 unspecified atom stereocenters. The third kappa shape index (κ3) is 5.83. The molecule has 0 saturated carbocycles. The van der Waals surface area contributed by atoms with Crippen molar-refractivity contribution in [1.82, 2.24) is 20.2 Å². The van der Waals surface area contributed by atoms with E-state index in [1.54, 1.807) is 18.2 Å². The van der Waals surface area contributed by atoms with Crippen LogP contribution >= 0.6 is 50.9 Å². The number of halogens is 3. The Kier molecular flexibility index (Phi) is 7.82. The predicted octanol–water partition coefficient (Wildman–Crippen LogP) is 6.25. The highest BCUT2D eigenvalue weighted by Crippen LogP contribution is 2.28. The minimum atomic E-state index is -0.299. The Balaban J connectivity index is 1.50. The summed E-state index contributed by atoms with van der Waals surface area (Å²) in [6, 6.07) is 22.7. The van der Waals surface area contributed by atoms with Crippen LogP contribution in [-0.2, 0) is 4.79 Å². The molecule has 1 N–H and O–H groups in total. The SMILES string of the molecule is O=C(CSc1nnc(-c2ccc(Br)cc2)n1-c1ccccc1)N/N=C/c1c(Cl)cccc1Cl. The molecule has 0 aliphatic heterocycles. The monoisotopic (exact) mass is 559 g/mol. The lowest BCUT2D eigenvalue weighted by Crippen LogP contribution is -2.20. The Bertz CT molecular complexity index is 1280. The molecule has 1 heterocycles. The van der Waals surface area contributed by atoms with Gasteiger partial charge in [0.05, 0.1) is 22.0 Å². The quantitative estimate of drug-likeness (QED) is 0.165. The zero-order valence-electron chi connectivity index (χ0n) is 17.0. The Morgan fingerprint density at radius 3 is 2.39 bits per heavy atom. The molecule has 0 radical (unpaired) electrons. The average Bonchev–Trinajstić information content (AvgIpc) is 3.24. The molecule has 0 bridgehead atoms. The van der Waals surface area contributed by atoms with E-state index < -0.39 is 0 Å². The van der Waals surface area contributed by atoms with Gasteiger partial charge in [0.1, 0.15) is 0 Å². The van der Waals surface area contributed by atoms with Gasteiger partial charge in [-0.2, -0.15) is 5.10 Å². The highest BCUT2D eigenvalue weighted by Gasteiger charge is 2.17. The smallest absolute Gasteiger partial charge is 0.250 e. The number of carbonyl (C=O) groups is 1. The van der Waals surface area contributed by atoms with Crippen LogP contribution in [0.1, 0.15) is 5.56 Å². The average molecular weight is 561 g/mol. The van der Waals surface area contributed by atoms with Crippen molar-refractivity contribution in [3.8, 4) is 17.1 Å². The Hall–Kier alpha value is -2.65. The number of amides is 1. The summed E-state index contributed by atoms with van der Waals surface area (Å²) in [6.45, 7) is 0. The number of nitrogens with zero attached hydrogens (tertiary/aromatic N) is 4. The van der Waals surface area contributed by atoms with Gasteiger partial charge in [-0.05, 0) is 36.4 Å². The second-order valence-electron chi connectivity index (χ2n) is 6.70. The number of benzene rings is 3. The third-order valence-corrected chi connectivity index (χ3v) is 6.58. The third-order valence-electron chi connectivity index (χ3n) is 4.47. The molecule has 1 aromatic heterocycles.